The molecule has 4 unspecified atom stereocenters. The second kappa shape index (κ2) is 31.1. The maximum Gasteiger partial charge on any atom is 1.00 e. The Kier molecular flexibility index (Phi) is 29.8. The Balaban J connectivity index is 0.00000282. The Morgan fingerprint density at radius 3 is 2.07 bits per heavy atom. The van der Waals surface area contributed by atoms with Gasteiger partial charge in [-0.25, -0.2) is 21.9 Å². The van der Waals surface area contributed by atoms with Crippen molar-refractivity contribution in [2.45, 2.75) is 146 Å². The summed E-state index contributed by atoms with van der Waals surface area (Å²) >= 11 is 0. The van der Waals surface area contributed by atoms with E-state index < -0.39 is 114 Å². The largest absolute Gasteiger partial charge is 1.00 e. The van der Waals surface area contributed by atoms with E-state index in [2.05, 4.69) is 17.2 Å². The van der Waals surface area contributed by atoms with E-state index in [1.54, 1.807) is 6.20 Å². The Labute approximate surface area is 464 Å². The molecule has 3 aliphatic heterocycles. The number of hydrogen-bond acceptors (Lipinski definition) is 20. The predicted molar refractivity (Wildman–Crippen MR) is 209 cm³/mol. The number of carbonyl (C=O) groups is 5. The number of imide groups is 1. The number of alkyl halides is 2. The first kappa shape index (κ1) is 66.1. The van der Waals surface area contributed by atoms with Gasteiger partial charge >= 0.3 is 88.7 Å². The van der Waals surface area contributed by atoms with Crippen LogP contribution in [0.2, 0.25) is 0 Å². The van der Waals surface area contributed by atoms with Crippen LogP contribution in [-0.4, -0.2) is 188 Å². The van der Waals surface area contributed by atoms with Crippen molar-refractivity contribution < 1.29 is 188 Å². The first-order valence-electron chi connectivity index (χ1n) is 21.5. The van der Waals surface area contributed by atoms with Crippen LogP contribution in [0.5, 0.6) is 0 Å². The third kappa shape index (κ3) is 19.1. The van der Waals surface area contributed by atoms with Gasteiger partial charge in [0, 0.05) is 37.4 Å². The zero-order chi connectivity index (χ0) is 49.0. The SMILES string of the molecule is O=S(=O)([O-])O.[CH2-]C1O[C@H](O[C@@H]2C(C(=O)[O-])C[C@@H](OCCOCCn3cc(CN(CCCCCN4C(=O)[C@@H]5[C@H](C4=O)[C@H](CC)O[C@@H]5CC)C(=O)CCC(=O)[O-])nn3)C(F)[C@H]2O)C(F)[C@@H](O)[C@@H]1O.[Na+].[Na+].[Na+]. The molecule has 30 heteroatoms. The average molecular weight is 1040 g/mol. The number of carbonyl (C=O) groups excluding carboxylic acids is 5. The molecule has 1 aromatic rings. The third-order valence-electron chi connectivity index (χ3n) is 11.7. The summed E-state index contributed by atoms with van der Waals surface area (Å²) in [5.74, 6) is -6.49. The van der Waals surface area contributed by atoms with Gasteiger partial charge in [-0.15, -0.1) is 5.10 Å². The molecule has 24 nitrogen and oxygen atoms in total. The van der Waals surface area contributed by atoms with Crippen molar-refractivity contribution in [1.29, 1.82) is 0 Å². The minimum atomic E-state index is -4.92. The number of rotatable bonds is 23. The number of ether oxygens (including phenoxy) is 5. The fourth-order valence-corrected chi connectivity index (χ4v) is 8.39. The van der Waals surface area contributed by atoms with E-state index in [0.29, 0.717) is 37.8 Å². The fourth-order valence-electron chi connectivity index (χ4n) is 8.39. The molecule has 4 heterocycles. The molecular weight excluding hydrogens is 981 g/mol. The summed E-state index contributed by atoms with van der Waals surface area (Å²) in [6, 6.07) is 0. The number of aromatic nitrogens is 3. The number of aliphatic hydroxyl groups excluding tert-OH is 3. The van der Waals surface area contributed by atoms with E-state index in [1.165, 1.54) is 14.5 Å². The van der Waals surface area contributed by atoms with Gasteiger partial charge < -0.3 is 75.2 Å². The van der Waals surface area contributed by atoms with Crippen LogP contribution in [0, 0.1) is 24.7 Å². The molecule has 0 spiro atoms. The Morgan fingerprint density at radius 2 is 1.51 bits per heavy atom. The summed E-state index contributed by atoms with van der Waals surface area (Å²) in [6.45, 7) is 7.83. The van der Waals surface area contributed by atoms with Crippen LogP contribution < -0.4 is 98.9 Å². The molecule has 14 atom stereocenters. The summed E-state index contributed by atoms with van der Waals surface area (Å²) in [5, 5.41) is 61.4. The second-order valence-corrected chi connectivity index (χ2v) is 17.1. The number of hydrogen-bond donors (Lipinski definition) is 4. The Hall–Kier alpha value is -0.900. The van der Waals surface area contributed by atoms with Gasteiger partial charge in [0.25, 0.3) is 0 Å². The summed E-state index contributed by atoms with van der Waals surface area (Å²) < 4.78 is 91.5. The number of carboxylic acid groups (broad SMARTS) is 2. The molecule has 0 aromatic carbocycles. The van der Waals surface area contributed by atoms with Crippen molar-refractivity contribution >= 4 is 40.1 Å². The molecular formula is C39H57F2N5Na3O19S-. The maximum absolute atomic E-state index is 15.2. The molecule has 1 aromatic heterocycles. The smallest absolute Gasteiger partial charge is 0.726 e. The van der Waals surface area contributed by atoms with Gasteiger partial charge in [0.15, 0.2) is 18.6 Å². The van der Waals surface area contributed by atoms with E-state index in [4.69, 9.17) is 41.2 Å². The summed E-state index contributed by atoms with van der Waals surface area (Å²) in [6.07, 6.45) is -14.2. The zero-order valence-corrected chi connectivity index (χ0v) is 46.1. The number of fused-ring (bicyclic) bond motifs is 1. The van der Waals surface area contributed by atoms with Gasteiger partial charge in [-0.3, -0.25) is 23.8 Å². The van der Waals surface area contributed by atoms with Crippen molar-refractivity contribution in [3.8, 4) is 0 Å². The van der Waals surface area contributed by atoms with E-state index in [0.717, 1.165) is 0 Å². The Morgan fingerprint density at radius 1 is 0.899 bits per heavy atom. The average Bonchev–Trinajstić information content (AvgIpc) is 3.94. The molecule has 5 rings (SSSR count). The topological polar surface area (TPSA) is 353 Å². The number of carboxylic acids is 2. The predicted octanol–water partition coefficient (Wildman–Crippen LogP) is -12.6. The number of aliphatic hydroxyl groups is 3. The zero-order valence-electron chi connectivity index (χ0n) is 39.3. The minimum absolute atomic E-state index is 0. The minimum Gasteiger partial charge on any atom is -0.726 e. The van der Waals surface area contributed by atoms with Crippen LogP contribution in [0.4, 0.5) is 8.78 Å². The number of halogens is 2. The number of likely N-dealkylation sites (tertiary alicyclic amines) is 1. The van der Waals surface area contributed by atoms with Crippen molar-refractivity contribution in [3.63, 3.8) is 0 Å². The van der Waals surface area contributed by atoms with Crippen molar-refractivity contribution in [2.75, 3.05) is 32.9 Å². The van der Waals surface area contributed by atoms with E-state index >= 15 is 4.39 Å². The molecule has 376 valence electrons. The summed E-state index contributed by atoms with van der Waals surface area (Å²) in [7, 11) is -4.92. The van der Waals surface area contributed by atoms with Gasteiger partial charge in [0.1, 0.15) is 17.9 Å². The molecule has 1 saturated carbocycles. The van der Waals surface area contributed by atoms with Gasteiger partial charge in [0.05, 0.1) is 81.5 Å². The third-order valence-corrected chi connectivity index (χ3v) is 11.7. The van der Waals surface area contributed by atoms with E-state index in [-0.39, 0.29) is 165 Å². The molecule has 4 aliphatic rings. The standard InChI is InChI=1S/C39H58F2N5O15.3Na.H2O4S/c1-4-23-28-29(24(5-2)60-23)37(54)46(36(28)53)12-8-6-7-11-44(26(47)9-10-27(48)49)18-21-19-45(43-42-21)13-14-57-15-16-58-25-17-22(38(55)56)35(34(52)30(25)40)61-39-31(41)33(51)32(50)20(3)59-39;;;;1-5(2,3)4/h19-20,22-25,28-35,39,50-52H,3-18H2,1-2H3,(H,48,49)(H,55,56);;;;(H2,1,2,3,4)/q-1;3*+1;/p-3/t20?,22?,23-,24+,25-,28+,29-,30?,31?,32-,33-,34-,35-,39-;;;;/m1..../s1. The molecule has 3 saturated heterocycles. The first-order valence-corrected chi connectivity index (χ1v) is 22.9. The summed E-state index contributed by atoms with van der Waals surface area (Å²) in [4.78, 5) is 65.1. The van der Waals surface area contributed by atoms with Crippen LogP contribution in [0.1, 0.15) is 70.9 Å². The molecule has 1 aliphatic carbocycles. The van der Waals surface area contributed by atoms with Crippen LogP contribution in [-0.2, 0) is 71.1 Å². The number of unbranched alkanes of at least 4 members (excludes halogenated alkanes) is 2. The van der Waals surface area contributed by atoms with Crippen molar-refractivity contribution in [3.05, 3.63) is 18.8 Å². The van der Waals surface area contributed by atoms with Crippen LogP contribution in [0.15, 0.2) is 6.20 Å². The van der Waals surface area contributed by atoms with Gasteiger partial charge in [-0.1, -0.05) is 19.1 Å². The second-order valence-electron chi connectivity index (χ2n) is 16.2. The molecule has 0 radical (unpaired) electrons. The fraction of sp³-hybridized carbons (Fsp3) is 0.795. The van der Waals surface area contributed by atoms with Crippen LogP contribution in [0.25, 0.3) is 0 Å². The molecule has 4 N–H and O–H groups in total. The molecule has 69 heavy (non-hydrogen) atoms. The van der Waals surface area contributed by atoms with Crippen LogP contribution in [0.3, 0.4) is 0 Å². The number of amides is 3. The maximum atomic E-state index is 15.2. The van der Waals surface area contributed by atoms with Gasteiger partial charge in [-0.2, -0.15) is 0 Å². The van der Waals surface area contributed by atoms with Gasteiger partial charge in [0.2, 0.25) is 28.1 Å². The quantitative estimate of drug-likeness (QED) is 0.0197. The molecule has 3 amide bonds. The van der Waals surface area contributed by atoms with Crippen molar-refractivity contribution in [1.82, 2.24) is 24.8 Å². The normalized spacial score (nSPS) is 30.8. The molecule has 4 fully saturated rings. The monoisotopic (exact) mass is 1040 g/mol. The summed E-state index contributed by atoms with van der Waals surface area (Å²) in [5.41, 5.74) is 0.412. The van der Waals surface area contributed by atoms with E-state index in [9.17, 15) is 53.9 Å². The van der Waals surface area contributed by atoms with E-state index in [1.807, 2.05) is 13.8 Å². The Bertz CT molecular complexity index is 1880. The number of nitrogens with zero attached hydrogens (tertiary/aromatic N) is 5. The van der Waals surface area contributed by atoms with Crippen molar-refractivity contribution in [2.24, 2.45) is 17.8 Å². The van der Waals surface area contributed by atoms with Gasteiger partial charge in [-0.05, 0) is 51.0 Å². The first-order chi connectivity index (χ1) is 31.1. The number of aliphatic carboxylic acids is 2. The van der Waals surface area contributed by atoms with Crippen LogP contribution >= 0.6 is 0 Å². The molecule has 0 bridgehead atoms.